The minimum Gasteiger partial charge on any atom is -0.465 e. The minimum atomic E-state index is -1.35. The van der Waals surface area contributed by atoms with Crippen LogP contribution in [0.3, 0.4) is 0 Å². The van der Waals surface area contributed by atoms with Crippen molar-refractivity contribution < 1.29 is 28.3 Å². The summed E-state index contributed by atoms with van der Waals surface area (Å²) in [7, 11) is 0. The van der Waals surface area contributed by atoms with Crippen molar-refractivity contribution in [2.75, 3.05) is 23.8 Å². The van der Waals surface area contributed by atoms with Gasteiger partial charge in [0.25, 0.3) is 11.8 Å². The predicted molar refractivity (Wildman–Crippen MR) is 132 cm³/mol. The fourth-order valence-corrected chi connectivity index (χ4v) is 4.21. The lowest BCUT2D eigenvalue weighted by atomic mass is 10.0. The monoisotopic (exact) mass is 513 g/mol. The fourth-order valence-electron chi connectivity index (χ4n) is 3.47. The van der Waals surface area contributed by atoms with Crippen molar-refractivity contribution in [3.05, 3.63) is 76.0 Å². The Labute approximate surface area is 210 Å². The first kappa shape index (κ1) is 26.3. The first-order valence-corrected chi connectivity index (χ1v) is 11.6. The molecule has 0 unspecified atom stereocenters. The highest BCUT2D eigenvalue weighted by atomic mass is 32.1. The van der Waals surface area contributed by atoms with Crippen LogP contribution in [0.1, 0.15) is 44.3 Å². The SMILES string of the molecule is CCOC(=O)CNC(=O)[C@@H](c1ccc(F)cc1)N(C(=O)c1snc(C(N)=O)c1N)c1ccccc1C. The van der Waals surface area contributed by atoms with Gasteiger partial charge in [0.1, 0.15) is 23.3 Å². The van der Waals surface area contributed by atoms with Gasteiger partial charge in [-0.05, 0) is 54.7 Å². The lowest BCUT2D eigenvalue weighted by molar-refractivity contribution is -0.143. The van der Waals surface area contributed by atoms with Crippen molar-refractivity contribution in [3.8, 4) is 0 Å². The summed E-state index contributed by atoms with van der Waals surface area (Å²) in [6.45, 7) is 3.03. The van der Waals surface area contributed by atoms with Gasteiger partial charge in [0.05, 0.1) is 12.3 Å². The van der Waals surface area contributed by atoms with Gasteiger partial charge in [0.2, 0.25) is 5.91 Å². The minimum absolute atomic E-state index is 0.114. The third kappa shape index (κ3) is 5.66. The Morgan fingerprint density at radius 2 is 1.81 bits per heavy atom. The number of hydrogen-bond acceptors (Lipinski definition) is 8. The molecule has 2 aromatic carbocycles. The third-order valence-corrected chi connectivity index (χ3v) is 6.00. The van der Waals surface area contributed by atoms with Crippen molar-refractivity contribution in [1.29, 1.82) is 0 Å². The molecule has 0 aliphatic carbocycles. The van der Waals surface area contributed by atoms with Crippen LogP contribution in [0.15, 0.2) is 48.5 Å². The number of primary amides is 1. The molecule has 0 aliphatic rings. The quantitative estimate of drug-likeness (QED) is 0.371. The van der Waals surface area contributed by atoms with Crippen LogP contribution >= 0.6 is 11.5 Å². The third-order valence-electron chi connectivity index (χ3n) is 5.15. The largest absolute Gasteiger partial charge is 0.465 e. The number of aromatic nitrogens is 1. The van der Waals surface area contributed by atoms with Crippen LogP contribution in [0.5, 0.6) is 0 Å². The van der Waals surface area contributed by atoms with E-state index in [-0.39, 0.29) is 28.4 Å². The summed E-state index contributed by atoms with van der Waals surface area (Å²) >= 11 is 0.660. The second-order valence-electron chi connectivity index (χ2n) is 7.58. The lowest BCUT2D eigenvalue weighted by Gasteiger charge is -2.32. The molecule has 3 amide bonds. The summed E-state index contributed by atoms with van der Waals surface area (Å²) in [6.07, 6.45) is 0. The molecule has 12 heteroatoms. The zero-order valence-corrected chi connectivity index (χ0v) is 20.3. The van der Waals surface area contributed by atoms with E-state index in [1.54, 1.807) is 38.1 Å². The summed E-state index contributed by atoms with van der Waals surface area (Å²) in [6, 6.07) is 10.4. The molecule has 1 atom stereocenters. The van der Waals surface area contributed by atoms with Crippen LogP contribution in [0.2, 0.25) is 0 Å². The molecule has 10 nitrogen and oxygen atoms in total. The van der Waals surface area contributed by atoms with E-state index in [4.69, 9.17) is 16.2 Å². The Bertz CT molecular complexity index is 1290. The molecule has 0 aliphatic heterocycles. The van der Waals surface area contributed by atoms with Crippen molar-refractivity contribution in [2.45, 2.75) is 19.9 Å². The van der Waals surface area contributed by atoms with Crippen molar-refractivity contribution in [1.82, 2.24) is 9.69 Å². The zero-order chi connectivity index (χ0) is 26.4. The van der Waals surface area contributed by atoms with Gasteiger partial charge in [-0.25, -0.2) is 4.39 Å². The number of aryl methyl sites for hydroxylation is 1. The average Bonchev–Trinajstić information content (AvgIpc) is 3.24. The average molecular weight is 514 g/mol. The number of carbonyl (C=O) groups excluding carboxylic acids is 4. The molecule has 5 N–H and O–H groups in total. The molecule has 3 aromatic rings. The fraction of sp³-hybridized carbons (Fsp3) is 0.208. The number of nitrogens with one attached hydrogen (secondary N) is 1. The maximum atomic E-state index is 13.9. The smallest absolute Gasteiger partial charge is 0.325 e. The predicted octanol–water partition coefficient (Wildman–Crippen LogP) is 2.34. The Kier molecular flexibility index (Phi) is 8.33. The van der Waals surface area contributed by atoms with E-state index in [0.29, 0.717) is 22.8 Å². The molecule has 0 spiro atoms. The van der Waals surface area contributed by atoms with Crippen molar-refractivity contribution >= 4 is 46.6 Å². The second-order valence-corrected chi connectivity index (χ2v) is 8.35. The van der Waals surface area contributed by atoms with Gasteiger partial charge in [-0.2, -0.15) is 4.37 Å². The molecule has 3 rings (SSSR count). The van der Waals surface area contributed by atoms with Crippen LogP contribution in [0, 0.1) is 12.7 Å². The normalized spacial score (nSPS) is 11.4. The van der Waals surface area contributed by atoms with Gasteiger partial charge in [0, 0.05) is 5.69 Å². The summed E-state index contributed by atoms with van der Waals surface area (Å²) in [5.74, 6) is -3.60. The highest BCUT2D eigenvalue weighted by Gasteiger charge is 2.36. The maximum absolute atomic E-state index is 13.9. The van der Waals surface area contributed by atoms with Gasteiger partial charge in [0.15, 0.2) is 5.69 Å². The molecule has 188 valence electrons. The number of hydrogen-bond donors (Lipinski definition) is 3. The van der Waals surface area contributed by atoms with Gasteiger partial charge >= 0.3 is 5.97 Å². The number of para-hydroxylation sites is 1. The van der Waals surface area contributed by atoms with E-state index in [1.165, 1.54) is 12.1 Å². The Morgan fingerprint density at radius 3 is 2.39 bits per heavy atom. The molecule has 36 heavy (non-hydrogen) atoms. The van der Waals surface area contributed by atoms with Gasteiger partial charge in [-0.15, -0.1) is 0 Å². The number of nitrogens with zero attached hydrogens (tertiary/aromatic N) is 2. The van der Waals surface area contributed by atoms with Gasteiger partial charge in [-0.1, -0.05) is 30.3 Å². The number of carbonyl (C=O) groups is 4. The zero-order valence-electron chi connectivity index (χ0n) is 19.5. The van der Waals surface area contributed by atoms with E-state index in [9.17, 15) is 23.6 Å². The van der Waals surface area contributed by atoms with Crippen LogP contribution in [0.4, 0.5) is 15.8 Å². The second kappa shape index (κ2) is 11.4. The van der Waals surface area contributed by atoms with E-state index >= 15 is 0 Å². The topological polar surface area (TPSA) is 158 Å². The van der Waals surface area contributed by atoms with Crippen LogP contribution in [-0.4, -0.2) is 41.2 Å². The Balaban J connectivity index is 2.17. The Morgan fingerprint density at radius 1 is 1.14 bits per heavy atom. The highest BCUT2D eigenvalue weighted by Crippen LogP contribution is 2.34. The highest BCUT2D eigenvalue weighted by molar-refractivity contribution is 7.09. The molecule has 0 saturated heterocycles. The molecule has 1 heterocycles. The molecular formula is C24H24FN5O5S. The number of nitrogen functional groups attached to an aromatic ring is 1. The van der Waals surface area contributed by atoms with Gasteiger partial charge in [-0.3, -0.25) is 24.1 Å². The standard InChI is InChI=1S/C24H24FN5O5S/c1-3-35-17(31)12-28-23(33)20(14-8-10-15(25)11-9-14)30(16-7-5-4-6-13(16)2)24(34)21-18(26)19(22(27)32)29-36-21/h4-11,20H,3,12,26H2,1-2H3,(H2,27,32)(H,28,33)/t20-/m1/s1. The van der Waals surface area contributed by atoms with E-state index in [1.807, 2.05) is 0 Å². The Hall–Kier alpha value is -4.32. The number of amides is 3. The van der Waals surface area contributed by atoms with E-state index in [0.717, 1.165) is 17.0 Å². The van der Waals surface area contributed by atoms with Crippen LogP contribution in [-0.2, 0) is 14.3 Å². The summed E-state index contributed by atoms with van der Waals surface area (Å²) in [5, 5.41) is 2.48. The number of anilines is 2. The number of ether oxygens (including phenoxy) is 1. The lowest BCUT2D eigenvalue weighted by Crippen LogP contribution is -2.45. The molecule has 0 bridgehead atoms. The molecule has 0 fully saturated rings. The van der Waals surface area contributed by atoms with Gasteiger partial charge < -0.3 is 21.5 Å². The molecular weight excluding hydrogens is 489 g/mol. The number of esters is 1. The number of rotatable bonds is 9. The van der Waals surface area contributed by atoms with Crippen molar-refractivity contribution in [3.63, 3.8) is 0 Å². The molecule has 0 radical (unpaired) electrons. The maximum Gasteiger partial charge on any atom is 0.325 e. The number of nitrogens with two attached hydrogens (primary N) is 2. The first-order chi connectivity index (χ1) is 17.1. The molecule has 1 aromatic heterocycles. The van der Waals surface area contributed by atoms with Crippen LogP contribution in [0.25, 0.3) is 0 Å². The van der Waals surface area contributed by atoms with E-state index < -0.39 is 42.1 Å². The van der Waals surface area contributed by atoms with E-state index in [2.05, 4.69) is 9.69 Å². The summed E-state index contributed by atoms with van der Waals surface area (Å²) in [5.41, 5.74) is 12.1. The van der Waals surface area contributed by atoms with Crippen molar-refractivity contribution in [2.24, 2.45) is 5.73 Å². The summed E-state index contributed by atoms with van der Waals surface area (Å²) < 4.78 is 22.5. The number of benzene rings is 2. The summed E-state index contributed by atoms with van der Waals surface area (Å²) in [4.78, 5) is 52.0. The number of halogens is 1. The first-order valence-electron chi connectivity index (χ1n) is 10.8. The van der Waals surface area contributed by atoms with Crippen LogP contribution < -0.4 is 21.7 Å². The molecule has 0 saturated carbocycles.